The minimum Gasteiger partial charge on any atom is -0.481 e. The molecule has 0 fully saturated rings. The Morgan fingerprint density at radius 1 is 0.880 bits per heavy atom. The van der Waals surface area contributed by atoms with Gasteiger partial charge >= 0.3 is 0 Å². The summed E-state index contributed by atoms with van der Waals surface area (Å²) in [4.78, 5) is 12.4. The smallest absolute Gasteiger partial charge is 0.265 e. The zero-order valence-corrected chi connectivity index (χ0v) is 14.8. The first-order valence-corrected chi connectivity index (χ1v) is 8.59. The Kier molecular flexibility index (Phi) is 5.03. The van der Waals surface area contributed by atoms with Crippen molar-refractivity contribution < 1.29 is 9.53 Å². The number of hydrogen-bond donors (Lipinski definition) is 1. The van der Waals surface area contributed by atoms with Crippen molar-refractivity contribution in [3.63, 3.8) is 0 Å². The van der Waals surface area contributed by atoms with Gasteiger partial charge in [-0.2, -0.15) is 0 Å². The standard InChI is InChI=1S/C22H23NO2/c1-15(2)17-9-12-21(13-10-17)25-16(3)22(24)23-20-11-8-18-6-4-5-7-19(18)14-20/h4-16H,1-3H3,(H,23,24). The molecule has 3 rings (SSSR count). The zero-order valence-electron chi connectivity index (χ0n) is 14.8. The molecule has 3 nitrogen and oxygen atoms in total. The van der Waals surface area contributed by atoms with E-state index in [2.05, 4.69) is 19.2 Å². The molecule has 1 unspecified atom stereocenters. The molecule has 0 aliphatic carbocycles. The monoisotopic (exact) mass is 333 g/mol. The lowest BCUT2D eigenvalue weighted by Gasteiger charge is -2.16. The lowest BCUT2D eigenvalue weighted by Crippen LogP contribution is -2.30. The molecule has 3 aromatic carbocycles. The number of fused-ring (bicyclic) bond motifs is 1. The lowest BCUT2D eigenvalue weighted by atomic mass is 10.0. The molecule has 0 bridgehead atoms. The summed E-state index contributed by atoms with van der Waals surface area (Å²) in [6, 6.07) is 21.8. The Balaban J connectivity index is 1.65. The third kappa shape index (κ3) is 4.18. The molecule has 0 saturated heterocycles. The van der Waals surface area contributed by atoms with Gasteiger partial charge < -0.3 is 10.1 Å². The first kappa shape index (κ1) is 17.0. The molecule has 0 aromatic heterocycles. The molecule has 128 valence electrons. The van der Waals surface area contributed by atoms with Gasteiger partial charge in [0.2, 0.25) is 0 Å². The van der Waals surface area contributed by atoms with Crippen LogP contribution in [0.25, 0.3) is 10.8 Å². The van der Waals surface area contributed by atoms with Gasteiger partial charge in [-0.1, -0.05) is 56.3 Å². The molecular weight excluding hydrogens is 310 g/mol. The van der Waals surface area contributed by atoms with Crippen LogP contribution in [0.1, 0.15) is 32.3 Å². The number of ether oxygens (including phenoxy) is 1. The number of anilines is 1. The molecule has 0 heterocycles. The fraction of sp³-hybridized carbons (Fsp3) is 0.227. The summed E-state index contributed by atoms with van der Waals surface area (Å²) in [5, 5.41) is 5.16. The van der Waals surface area contributed by atoms with Gasteiger partial charge in [-0.3, -0.25) is 4.79 Å². The highest BCUT2D eigenvalue weighted by Crippen LogP contribution is 2.21. The molecule has 0 saturated carbocycles. The van der Waals surface area contributed by atoms with E-state index in [1.807, 2.05) is 66.7 Å². The number of hydrogen-bond acceptors (Lipinski definition) is 2. The minimum atomic E-state index is -0.573. The van der Waals surface area contributed by atoms with Crippen LogP contribution in [0.15, 0.2) is 66.7 Å². The molecule has 0 radical (unpaired) electrons. The Morgan fingerprint density at radius 2 is 1.56 bits per heavy atom. The quantitative estimate of drug-likeness (QED) is 0.682. The van der Waals surface area contributed by atoms with Crippen LogP contribution in [0.2, 0.25) is 0 Å². The third-order valence-corrected chi connectivity index (χ3v) is 4.25. The predicted octanol–water partition coefficient (Wildman–Crippen LogP) is 5.37. The first-order chi connectivity index (χ1) is 12.0. The summed E-state index contributed by atoms with van der Waals surface area (Å²) in [6.45, 7) is 6.05. The minimum absolute atomic E-state index is 0.164. The second kappa shape index (κ2) is 7.39. The second-order valence-corrected chi connectivity index (χ2v) is 6.53. The van der Waals surface area contributed by atoms with Crippen molar-refractivity contribution in [2.75, 3.05) is 5.32 Å². The van der Waals surface area contributed by atoms with Crippen LogP contribution in [0.3, 0.4) is 0 Å². The highest BCUT2D eigenvalue weighted by Gasteiger charge is 2.15. The lowest BCUT2D eigenvalue weighted by molar-refractivity contribution is -0.122. The van der Waals surface area contributed by atoms with Crippen molar-refractivity contribution in [3.8, 4) is 5.75 Å². The number of amides is 1. The average molecular weight is 333 g/mol. The van der Waals surface area contributed by atoms with Crippen molar-refractivity contribution >= 4 is 22.4 Å². The van der Waals surface area contributed by atoms with Gasteiger partial charge in [0.25, 0.3) is 5.91 Å². The van der Waals surface area contributed by atoms with Crippen LogP contribution in [-0.2, 0) is 4.79 Å². The summed E-state index contributed by atoms with van der Waals surface area (Å²) in [7, 11) is 0. The van der Waals surface area contributed by atoms with Crippen LogP contribution in [-0.4, -0.2) is 12.0 Å². The average Bonchev–Trinajstić information content (AvgIpc) is 2.62. The van der Waals surface area contributed by atoms with Crippen LogP contribution in [0.4, 0.5) is 5.69 Å². The van der Waals surface area contributed by atoms with Gasteiger partial charge in [-0.05, 0) is 53.4 Å². The topological polar surface area (TPSA) is 38.3 Å². The van der Waals surface area contributed by atoms with E-state index in [-0.39, 0.29) is 5.91 Å². The van der Waals surface area contributed by atoms with Gasteiger partial charge in [0, 0.05) is 5.69 Å². The van der Waals surface area contributed by atoms with Crippen LogP contribution >= 0.6 is 0 Å². The molecule has 0 aliphatic rings. The largest absolute Gasteiger partial charge is 0.481 e. The molecule has 1 amide bonds. The molecule has 0 spiro atoms. The van der Waals surface area contributed by atoms with E-state index in [1.54, 1.807) is 6.92 Å². The molecule has 3 heteroatoms. The maximum atomic E-state index is 12.4. The van der Waals surface area contributed by atoms with E-state index in [9.17, 15) is 4.79 Å². The molecule has 1 atom stereocenters. The van der Waals surface area contributed by atoms with Gasteiger partial charge in [0.15, 0.2) is 6.10 Å². The van der Waals surface area contributed by atoms with E-state index < -0.39 is 6.10 Å². The number of benzene rings is 3. The van der Waals surface area contributed by atoms with Gasteiger partial charge in [-0.15, -0.1) is 0 Å². The van der Waals surface area contributed by atoms with Crippen molar-refractivity contribution in [1.29, 1.82) is 0 Å². The number of nitrogens with one attached hydrogen (secondary N) is 1. The Hall–Kier alpha value is -2.81. The fourth-order valence-electron chi connectivity index (χ4n) is 2.70. The van der Waals surface area contributed by atoms with E-state index in [0.29, 0.717) is 11.7 Å². The first-order valence-electron chi connectivity index (χ1n) is 8.59. The van der Waals surface area contributed by atoms with Crippen molar-refractivity contribution in [2.45, 2.75) is 32.8 Å². The fourth-order valence-corrected chi connectivity index (χ4v) is 2.70. The summed E-state index contributed by atoms with van der Waals surface area (Å²) in [5.41, 5.74) is 2.02. The van der Waals surface area contributed by atoms with E-state index in [0.717, 1.165) is 16.5 Å². The van der Waals surface area contributed by atoms with Crippen LogP contribution < -0.4 is 10.1 Å². The molecule has 0 aliphatic heterocycles. The second-order valence-electron chi connectivity index (χ2n) is 6.53. The molecular formula is C22H23NO2. The van der Waals surface area contributed by atoms with Crippen LogP contribution in [0.5, 0.6) is 5.75 Å². The van der Waals surface area contributed by atoms with Crippen molar-refractivity contribution in [3.05, 3.63) is 72.3 Å². The van der Waals surface area contributed by atoms with Crippen molar-refractivity contribution in [2.24, 2.45) is 0 Å². The van der Waals surface area contributed by atoms with Gasteiger partial charge in [-0.25, -0.2) is 0 Å². The maximum absolute atomic E-state index is 12.4. The molecule has 3 aromatic rings. The number of carbonyl (C=O) groups excluding carboxylic acids is 1. The van der Waals surface area contributed by atoms with E-state index in [4.69, 9.17) is 4.74 Å². The zero-order chi connectivity index (χ0) is 17.8. The summed E-state index contributed by atoms with van der Waals surface area (Å²) in [5.74, 6) is 1.01. The van der Waals surface area contributed by atoms with E-state index >= 15 is 0 Å². The summed E-state index contributed by atoms with van der Waals surface area (Å²) < 4.78 is 5.76. The summed E-state index contributed by atoms with van der Waals surface area (Å²) in [6.07, 6.45) is -0.573. The Morgan fingerprint density at radius 3 is 2.24 bits per heavy atom. The summed E-state index contributed by atoms with van der Waals surface area (Å²) >= 11 is 0. The SMILES string of the molecule is CC(Oc1ccc(C(C)C)cc1)C(=O)Nc1ccc2ccccc2c1. The van der Waals surface area contributed by atoms with Gasteiger partial charge in [0.05, 0.1) is 0 Å². The van der Waals surface area contributed by atoms with Crippen molar-refractivity contribution in [1.82, 2.24) is 0 Å². The highest BCUT2D eigenvalue weighted by molar-refractivity contribution is 5.96. The predicted molar refractivity (Wildman–Crippen MR) is 103 cm³/mol. The van der Waals surface area contributed by atoms with Crippen LogP contribution in [0, 0.1) is 0 Å². The molecule has 1 N–H and O–H groups in total. The Labute approximate surface area is 148 Å². The Bertz CT molecular complexity index is 869. The normalized spacial score (nSPS) is 12.2. The number of rotatable bonds is 5. The highest BCUT2D eigenvalue weighted by atomic mass is 16.5. The molecule has 25 heavy (non-hydrogen) atoms. The van der Waals surface area contributed by atoms with E-state index in [1.165, 1.54) is 5.56 Å². The van der Waals surface area contributed by atoms with Gasteiger partial charge in [0.1, 0.15) is 5.75 Å². The maximum Gasteiger partial charge on any atom is 0.265 e. The number of carbonyl (C=O) groups is 1. The third-order valence-electron chi connectivity index (χ3n) is 4.25.